The Hall–Kier alpha value is -2.43. The van der Waals surface area contributed by atoms with Gasteiger partial charge in [-0.05, 0) is 30.3 Å². The lowest BCUT2D eigenvalue weighted by atomic mass is 10.1. The molecule has 84 valence electrons. The second kappa shape index (κ2) is 3.55. The van der Waals surface area contributed by atoms with Gasteiger partial charge in [-0.3, -0.25) is 4.79 Å². The van der Waals surface area contributed by atoms with Gasteiger partial charge >= 0.3 is 0 Å². The fourth-order valence-corrected chi connectivity index (χ4v) is 1.75. The molecule has 0 saturated heterocycles. The fourth-order valence-electron chi connectivity index (χ4n) is 1.75. The van der Waals surface area contributed by atoms with E-state index in [-0.39, 0.29) is 0 Å². The summed E-state index contributed by atoms with van der Waals surface area (Å²) in [6, 6.07) is 9.06. The average molecular weight is 227 g/mol. The van der Waals surface area contributed by atoms with Gasteiger partial charge in [0.15, 0.2) is 12.0 Å². The molecule has 0 unspecified atom stereocenters. The summed E-state index contributed by atoms with van der Waals surface area (Å²) in [5, 5.41) is 8.41. The highest BCUT2D eigenvalue weighted by atomic mass is 16.3. The van der Waals surface area contributed by atoms with Crippen LogP contribution in [0.4, 0.5) is 0 Å². The summed E-state index contributed by atoms with van der Waals surface area (Å²) < 4.78 is 5.35. The maximum atomic E-state index is 10.5. The highest BCUT2D eigenvalue weighted by molar-refractivity contribution is 5.80. The van der Waals surface area contributed by atoms with Gasteiger partial charge in [0.2, 0.25) is 0 Å². The van der Waals surface area contributed by atoms with Gasteiger partial charge in [0.25, 0.3) is 0 Å². The monoisotopic (exact) mass is 227 g/mol. The van der Waals surface area contributed by atoms with Gasteiger partial charge in [0.1, 0.15) is 16.8 Å². The number of carbonyl (C=O) groups excluding carboxylic acids is 1. The summed E-state index contributed by atoms with van der Waals surface area (Å²) in [7, 11) is 1.77. The third kappa shape index (κ3) is 1.61. The first-order valence-corrected chi connectivity index (χ1v) is 5.13. The highest BCUT2D eigenvalue weighted by Gasteiger charge is 2.07. The minimum absolute atomic E-state index is 0.319. The van der Waals surface area contributed by atoms with Gasteiger partial charge in [-0.15, -0.1) is 0 Å². The smallest absolute Gasteiger partial charge is 0.185 e. The number of furan rings is 1. The summed E-state index contributed by atoms with van der Waals surface area (Å²) in [6.45, 7) is 0. The average Bonchev–Trinajstić information content (AvgIpc) is 2.92. The van der Waals surface area contributed by atoms with E-state index in [1.807, 2.05) is 18.2 Å². The zero-order chi connectivity index (χ0) is 11.8. The molecule has 0 spiro atoms. The van der Waals surface area contributed by atoms with E-state index in [1.165, 1.54) is 4.80 Å². The molecule has 5 nitrogen and oxygen atoms in total. The minimum Gasteiger partial charge on any atom is -0.453 e. The lowest BCUT2D eigenvalue weighted by Crippen LogP contribution is -1.90. The van der Waals surface area contributed by atoms with Crippen LogP contribution in [0, 0.1) is 0 Å². The molecule has 0 fully saturated rings. The molecule has 2 heterocycles. The molecule has 2 aromatic heterocycles. The standard InChI is InChI=1S/C12H9N3O2/c1-15-13-10-4-2-8(6-11(10)14-15)12-5-3-9(7-16)17-12/h2-7H,1H3. The number of hydrogen-bond donors (Lipinski definition) is 0. The van der Waals surface area contributed by atoms with E-state index in [0.29, 0.717) is 17.8 Å². The second-order valence-electron chi connectivity index (χ2n) is 3.71. The molecule has 0 N–H and O–H groups in total. The Morgan fingerprint density at radius 3 is 2.76 bits per heavy atom. The predicted molar refractivity (Wildman–Crippen MR) is 61.6 cm³/mol. The first kappa shape index (κ1) is 9.77. The first-order valence-electron chi connectivity index (χ1n) is 5.13. The molecule has 0 saturated carbocycles. The van der Waals surface area contributed by atoms with E-state index in [9.17, 15) is 4.79 Å². The molecule has 0 atom stereocenters. The van der Waals surface area contributed by atoms with Crippen LogP contribution >= 0.6 is 0 Å². The van der Waals surface area contributed by atoms with Crippen molar-refractivity contribution in [2.24, 2.45) is 7.05 Å². The molecule has 1 aromatic carbocycles. The Bertz CT molecular complexity index is 697. The third-order valence-electron chi connectivity index (χ3n) is 2.51. The SMILES string of the molecule is Cn1nc2ccc(-c3ccc(C=O)o3)cc2n1. The summed E-state index contributed by atoms with van der Waals surface area (Å²) in [4.78, 5) is 12.1. The number of nitrogens with zero attached hydrogens (tertiary/aromatic N) is 3. The van der Waals surface area contributed by atoms with Crippen molar-refractivity contribution in [2.75, 3.05) is 0 Å². The lowest BCUT2D eigenvalue weighted by molar-refractivity contribution is 0.110. The molecule has 3 aromatic rings. The minimum atomic E-state index is 0.319. The topological polar surface area (TPSA) is 60.9 Å². The number of aldehydes is 1. The van der Waals surface area contributed by atoms with Crippen molar-refractivity contribution in [1.82, 2.24) is 15.0 Å². The van der Waals surface area contributed by atoms with Crippen molar-refractivity contribution in [3.05, 3.63) is 36.1 Å². The molecule has 0 radical (unpaired) electrons. The van der Waals surface area contributed by atoms with Crippen LogP contribution in [-0.4, -0.2) is 21.3 Å². The van der Waals surface area contributed by atoms with Crippen LogP contribution in [0.1, 0.15) is 10.6 Å². The zero-order valence-corrected chi connectivity index (χ0v) is 9.12. The molecule has 0 aliphatic rings. The van der Waals surface area contributed by atoms with E-state index in [1.54, 1.807) is 19.2 Å². The van der Waals surface area contributed by atoms with Crippen LogP contribution in [0.2, 0.25) is 0 Å². The van der Waals surface area contributed by atoms with Crippen LogP contribution in [0.5, 0.6) is 0 Å². The molecule has 5 heteroatoms. The van der Waals surface area contributed by atoms with Crippen LogP contribution in [0.3, 0.4) is 0 Å². The Balaban J connectivity index is 2.13. The molecule has 3 rings (SSSR count). The van der Waals surface area contributed by atoms with Crippen molar-refractivity contribution >= 4 is 17.3 Å². The maximum absolute atomic E-state index is 10.5. The number of aryl methyl sites for hydroxylation is 1. The Morgan fingerprint density at radius 1 is 1.18 bits per heavy atom. The van der Waals surface area contributed by atoms with Gasteiger partial charge in [0.05, 0.1) is 0 Å². The quantitative estimate of drug-likeness (QED) is 0.628. The van der Waals surface area contributed by atoms with Crippen molar-refractivity contribution in [1.29, 1.82) is 0 Å². The summed E-state index contributed by atoms with van der Waals surface area (Å²) >= 11 is 0. The summed E-state index contributed by atoms with van der Waals surface area (Å²) in [5.41, 5.74) is 2.51. The van der Waals surface area contributed by atoms with Gasteiger partial charge in [0, 0.05) is 12.6 Å². The molecule has 17 heavy (non-hydrogen) atoms. The number of rotatable bonds is 2. The van der Waals surface area contributed by atoms with E-state index in [0.717, 1.165) is 16.6 Å². The largest absolute Gasteiger partial charge is 0.453 e. The molecular formula is C12H9N3O2. The van der Waals surface area contributed by atoms with Crippen LogP contribution in [-0.2, 0) is 7.05 Å². The number of carbonyl (C=O) groups is 1. The Labute approximate surface area is 96.7 Å². The third-order valence-corrected chi connectivity index (χ3v) is 2.51. The highest BCUT2D eigenvalue weighted by Crippen LogP contribution is 2.24. The lowest BCUT2D eigenvalue weighted by Gasteiger charge is -1.95. The van der Waals surface area contributed by atoms with Crippen LogP contribution in [0.25, 0.3) is 22.4 Å². The van der Waals surface area contributed by atoms with Crippen molar-refractivity contribution in [3.8, 4) is 11.3 Å². The van der Waals surface area contributed by atoms with E-state index >= 15 is 0 Å². The number of hydrogen-bond acceptors (Lipinski definition) is 4. The number of benzene rings is 1. The van der Waals surface area contributed by atoms with Crippen molar-refractivity contribution < 1.29 is 9.21 Å². The van der Waals surface area contributed by atoms with Crippen molar-refractivity contribution in [2.45, 2.75) is 0 Å². The Morgan fingerprint density at radius 2 is 2.00 bits per heavy atom. The van der Waals surface area contributed by atoms with Gasteiger partial charge in [-0.25, -0.2) is 0 Å². The van der Waals surface area contributed by atoms with Crippen molar-refractivity contribution in [3.63, 3.8) is 0 Å². The fraction of sp³-hybridized carbons (Fsp3) is 0.0833. The number of aromatic nitrogens is 3. The first-order chi connectivity index (χ1) is 8.26. The van der Waals surface area contributed by atoms with E-state index in [2.05, 4.69) is 10.2 Å². The maximum Gasteiger partial charge on any atom is 0.185 e. The normalized spacial score (nSPS) is 10.9. The van der Waals surface area contributed by atoms with Gasteiger partial charge in [-0.1, -0.05) is 0 Å². The van der Waals surface area contributed by atoms with Crippen LogP contribution < -0.4 is 0 Å². The molecule has 0 aliphatic heterocycles. The molecule has 0 aliphatic carbocycles. The van der Waals surface area contributed by atoms with Gasteiger partial charge in [-0.2, -0.15) is 15.0 Å². The number of fused-ring (bicyclic) bond motifs is 1. The summed E-state index contributed by atoms with van der Waals surface area (Å²) in [5.74, 6) is 0.971. The van der Waals surface area contributed by atoms with Gasteiger partial charge < -0.3 is 4.42 Å². The molecular weight excluding hydrogens is 218 g/mol. The van der Waals surface area contributed by atoms with Crippen LogP contribution in [0.15, 0.2) is 34.7 Å². The van der Waals surface area contributed by atoms with E-state index < -0.39 is 0 Å². The predicted octanol–water partition coefficient (Wildman–Crippen LogP) is 2.04. The second-order valence-corrected chi connectivity index (χ2v) is 3.71. The van der Waals surface area contributed by atoms with E-state index in [4.69, 9.17) is 4.42 Å². The zero-order valence-electron chi connectivity index (χ0n) is 9.12. The molecule has 0 bridgehead atoms. The molecule has 0 amide bonds. The summed E-state index contributed by atoms with van der Waals surface area (Å²) in [6.07, 6.45) is 0.685. The Kier molecular flexibility index (Phi) is 2.04.